The molecule has 3 N–H and O–H groups in total. The molecule has 21 heavy (non-hydrogen) atoms. The molecular formula is C17H19N3O. The van der Waals surface area contributed by atoms with Gasteiger partial charge in [-0.05, 0) is 48.7 Å². The van der Waals surface area contributed by atoms with Gasteiger partial charge >= 0.3 is 0 Å². The fraction of sp³-hybridized carbons (Fsp3) is 0.235. The Balaban J connectivity index is 2.09. The van der Waals surface area contributed by atoms with Crippen molar-refractivity contribution in [1.29, 1.82) is 0 Å². The summed E-state index contributed by atoms with van der Waals surface area (Å²) in [6.45, 7) is 4.18. The van der Waals surface area contributed by atoms with Crippen LogP contribution in [-0.2, 0) is 6.42 Å². The van der Waals surface area contributed by atoms with Crippen LogP contribution in [0.5, 0.6) is 0 Å². The van der Waals surface area contributed by atoms with Crippen LogP contribution in [0.1, 0.15) is 35.4 Å². The fourth-order valence-electron chi connectivity index (χ4n) is 2.67. The van der Waals surface area contributed by atoms with E-state index in [4.69, 9.17) is 10.3 Å². The van der Waals surface area contributed by atoms with Gasteiger partial charge in [-0.2, -0.15) is 0 Å². The fourth-order valence-corrected chi connectivity index (χ4v) is 2.67. The van der Waals surface area contributed by atoms with E-state index in [0.717, 1.165) is 34.3 Å². The number of aromatic nitrogens is 1. The van der Waals surface area contributed by atoms with Crippen LogP contribution in [0.3, 0.4) is 0 Å². The number of nitrogens with one attached hydrogen (secondary N) is 1. The number of fused-ring (bicyclic) bond motifs is 1. The van der Waals surface area contributed by atoms with E-state index >= 15 is 0 Å². The quantitative estimate of drug-likeness (QED) is 0.569. The number of benzene rings is 1. The minimum Gasteiger partial charge on any atom is -0.459 e. The third kappa shape index (κ3) is 2.55. The first kappa shape index (κ1) is 13.8. The van der Waals surface area contributed by atoms with E-state index in [1.807, 2.05) is 30.5 Å². The van der Waals surface area contributed by atoms with Gasteiger partial charge in [0, 0.05) is 17.8 Å². The Labute approximate surface area is 124 Å². The lowest BCUT2D eigenvalue weighted by Crippen LogP contribution is -2.29. The Kier molecular flexibility index (Phi) is 3.73. The second-order valence-electron chi connectivity index (χ2n) is 5.22. The van der Waals surface area contributed by atoms with E-state index in [2.05, 4.69) is 30.3 Å². The van der Waals surface area contributed by atoms with Crippen LogP contribution in [0.15, 0.2) is 47.1 Å². The van der Waals surface area contributed by atoms with E-state index in [1.165, 1.54) is 5.56 Å². The molecule has 2 heterocycles. The summed E-state index contributed by atoms with van der Waals surface area (Å²) in [5.41, 5.74) is 7.22. The van der Waals surface area contributed by atoms with Crippen molar-refractivity contribution >= 4 is 11.0 Å². The third-order valence-electron chi connectivity index (χ3n) is 3.78. The number of pyridine rings is 1. The second kappa shape index (κ2) is 5.68. The predicted molar refractivity (Wildman–Crippen MR) is 83.7 cm³/mol. The van der Waals surface area contributed by atoms with Gasteiger partial charge in [-0.3, -0.25) is 10.8 Å². The Morgan fingerprint density at radius 3 is 2.90 bits per heavy atom. The van der Waals surface area contributed by atoms with Crippen LogP contribution in [0, 0.1) is 6.92 Å². The van der Waals surface area contributed by atoms with Crippen molar-refractivity contribution in [2.75, 3.05) is 0 Å². The smallest absolute Gasteiger partial charge is 0.134 e. The molecule has 3 aromatic rings. The minimum absolute atomic E-state index is 0.171. The van der Waals surface area contributed by atoms with Gasteiger partial charge in [0.15, 0.2) is 0 Å². The summed E-state index contributed by atoms with van der Waals surface area (Å²) in [4.78, 5) is 4.18. The highest BCUT2D eigenvalue weighted by Crippen LogP contribution is 2.29. The van der Waals surface area contributed by atoms with Crippen molar-refractivity contribution < 1.29 is 4.42 Å². The Bertz CT molecular complexity index is 764. The molecular weight excluding hydrogens is 262 g/mol. The molecule has 1 unspecified atom stereocenters. The van der Waals surface area contributed by atoms with E-state index < -0.39 is 0 Å². The molecule has 4 heteroatoms. The minimum atomic E-state index is -0.171. The van der Waals surface area contributed by atoms with Crippen LogP contribution in [0.25, 0.3) is 11.0 Å². The van der Waals surface area contributed by atoms with Crippen LogP contribution >= 0.6 is 0 Å². The van der Waals surface area contributed by atoms with Crippen LogP contribution in [-0.4, -0.2) is 4.98 Å². The molecule has 0 fully saturated rings. The van der Waals surface area contributed by atoms with Crippen molar-refractivity contribution in [1.82, 2.24) is 10.4 Å². The number of rotatable bonds is 4. The number of nitrogens with two attached hydrogens (primary N) is 1. The van der Waals surface area contributed by atoms with Gasteiger partial charge in [0.05, 0.1) is 0 Å². The molecule has 1 aromatic carbocycles. The van der Waals surface area contributed by atoms with Gasteiger partial charge in [-0.1, -0.05) is 18.6 Å². The van der Waals surface area contributed by atoms with Gasteiger partial charge in [0.2, 0.25) is 0 Å². The van der Waals surface area contributed by atoms with E-state index in [1.54, 1.807) is 6.20 Å². The maximum Gasteiger partial charge on any atom is 0.134 e. The number of hydrazine groups is 1. The molecule has 2 aromatic heterocycles. The first-order valence-electron chi connectivity index (χ1n) is 7.12. The lowest BCUT2D eigenvalue weighted by Gasteiger charge is -2.16. The van der Waals surface area contributed by atoms with E-state index in [9.17, 15) is 0 Å². The average Bonchev–Trinajstić information content (AvgIpc) is 2.91. The highest BCUT2D eigenvalue weighted by atomic mass is 16.3. The summed E-state index contributed by atoms with van der Waals surface area (Å²) < 4.78 is 5.97. The molecule has 0 aliphatic carbocycles. The van der Waals surface area contributed by atoms with Gasteiger partial charge in [-0.25, -0.2) is 5.43 Å². The average molecular weight is 281 g/mol. The number of hydrogen-bond acceptors (Lipinski definition) is 4. The summed E-state index contributed by atoms with van der Waals surface area (Å²) in [6, 6.07) is 10.0. The van der Waals surface area contributed by atoms with Crippen molar-refractivity contribution in [3.05, 3.63) is 65.2 Å². The molecule has 0 radical (unpaired) electrons. The maximum atomic E-state index is 5.97. The van der Waals surface area contributed by atoms with E-state index in [0.29, 0.717) is 0 Å². The maximum absolute atomic E-state index is 5.97. The summed E-state index contributed by atoms with van der Waals surface area (Å²) in [6.07, 6.45) is 4.57. The Morgan fingerprint density at radius 1 is 1.29 bits per heavy atom. The number of hydrogen-bond donors (Lipinski definition) is 2. The monoisotopic (exact) mass is 281 g/mol. The molecule has 0 saturated heterocycles. The number of nitrogens with zero attached hydrogens (tertiary/aromatic N) is 1. The van der Waals surface area contributed by atoms with Crippen molar-refractivity contribution in [2.45, 2.75) is 26.3 Å². The first-order chi connectivity index (χ1) is 10.2. The molecule has 1 atom stereocenters. The topological polar surface area (TPSA) is 64.1 Å². The van der Waals surface area contributed by atoms with Crippen molar-refractivity contribution in [3.8, 4) is 0 Å². The van der Waals surface area contributed by atoms with Gasteiger partial charge in [0.25, 0.3) is 0 Å². The van der Waals surface area contributed by atoms with Crippen molar-refractivity contribution in [3.63, 3.8) is 0 Å². The molecule has 3 rings (SSSR count). The van der Waals surface area contributed by atoms with Gasteiger partial charge in [0.1, 0.15) is 17.4 Å². The summed E-state index contributed by atoms with van der Waals surface area (Å²) >= 11 is 0. The van der Waals surface area contributed by atoms with Crippen LogP contribution in [0.2, 0.25) is 0 Å². The molecule has 0 aliphatic heterocycles. The summed E-state index contributed by atoms with van der Waals surface area (Å²) in [5, 5.41) is 1.09. The zero-order valence-electron chi connectivity index (χ0n) is 12.3. The second-order valence-corrected chi connectivity index (χ2v) is 5.22. The molecule has 108 valence electrons. The van der Waals surface area contributed by atoms with Gasteiger partial charge < -0.3 is 4.42 Å². The first-order valence-corrected chi connectivity index (χ1v) is 7.12. The van der Waals surface area contributed by atoms with Crippen LogP contribution < -0.4 is 11.3 Å². The lowest BCUT2D eigenvalue weighted by atomic mass is 9.99. The standard InChI is InChI=1S/C17H19N3O/c1-3-12-10-19-7-6-14(12)17(20-18)16-9-13-8-11(2)4-5-15(13)21-16/h4-10,17,20H,3,18H2,1-2H3. The molecule has 0 bridgehead atoms. The SMILES string of the molecule is CCc1cnccc1C(NN)c1cc2cc(C)ccc2o1. The Morgan fingerprint density at radius 2 is 2.14 bits per heavy atom. The zero-order chi connectivity index (χ0) is 14.8. The van der Waals surface area contributed by atoms with Crippen molar-refractivity contribution in [2.24, 2.45) is 5.84 Å². The summed E-state index contributed by atoms with van der Waals surface area (Å²) in [5.74, 6) is 6.60. The molecule has 4 nitrogen and oxygen atoms in total. The van der Waals surface area contributed by atoms with Crippen LogP contribution in [0.4, 0.5) is 0 Å². The highest BCUT2D eigenvalue weighted by molar-refractivity contribution is 5.79. The molecule has 0 aliphatic rings. The molecule has 0 amide bonds. The third-order valence-corrected chi connectivity index (χ3v) is 3.78. The predicted octanol–water partition coefficient (Wildman–Crippen LogP) is 3.25. The molecule has 0 spiro atoms. The van der Waals surface area contributed by atoms with E-state index in [-0.39, 0.29) is 6.04 Å². The highest BCUT2D eigenvalue weighted by Gasteiger charge is 2.19. The largest absolute Gasteiger partial charge is 0.459 e. The lowest BCUT2D eigenvalue weighted by molar-refractivity contribution is 0.475. The summed E-state index contributed by atoms with van der Waals surface area (Å²) in [7, 11) is 0. The normalized spacial score (nSPS) is 12.7. The number of furan rings is 1. The molecule has 0 saturated carbocycles. The van der Waals surface area contributed by atoms with Gasteiger partial charge in [-0.15, -0.1) is 0 Å². The zero-order valence-corrected chi connectivity index (χ0v) is 12.3. The Hall–Kier alpha value is -2.17. The number of aryl methyl sites for hydroxylation is 2.